The highest BCUT2D eigenvalue weighted by molar-refractivity contribution is 7.99. The minimum absolute atomic E-state index is 0.528. The second kappa shape index (κ2) is 7.50. The summed E-state index contributed by atoms with van der Waals surface area (Å²) in [5.74, 6) is 2.59. The molecule has 0 aliphatic carbocycles. The molecule has 4 nitrogen and oxygen atoms in total. The third-order valence-electron chi connectivity index (χ3n) is 2.02. The summed E-state index contributed by atoms with van der Waals surface area (Å²) in [5.41, 5.74) is 0.929. The Morgan fingerprint density at radius 1 is 1.41 bits per heavy atom. The summed E-state index contributed by atoms with van der Waals surface area (Å²) in [6.45, 7) is 7.80. The Labute approximate surface area is 108 Å². The van der Waals surface area contributed by atoms with Crippen LogP contribution in [0, 0.1) is 0 Å². The molecule has 1 rings (SSSR count). The van der Waals surface area contributed by atoms with Crippen LogP contribution < -0.4 is 5.32 Å². The summed E-state index contributed by atoms with van der Waals surface area (Å²) in [7, 11) is 1.68. The van der Waals surface area contributed by atoms with Crippen LogP contribution >= 0.6 is 11.8 Å². The second-order valence-corrected chi connectivity index (χ2v) is 5.55. The molecule has 0 fully saturated rings. The summed E-state index contributed by atoms with van der Waals surface area (Å²) >= 11 is 1.84. The van der Waals surface area contributed by atoms with Crippen molar-refractivity contribution in [3.63, 3.8) is 0 Å². The summed E-state index contributed by atoms with van der Waals surface area (Å²) in [4.78, 5) is 8.96. The van der Waals surface area contributed by atoms with Crippen molar-refractivity contribution in [1.82, 2.24) is 9.97 Å². The fourth-order valence-electron chi connectivity index (χ4n) is 1.35. The highest BCUT2D eigenvalue weighted by atomic mass is 32.2. The average Bonchev–Trinajstić information content (AvgIpc) is 2.27. The molecule has 0 atom stereocenters. The molecule has 1 heterocycles. The van der Waals surface area contributed by atoms with Gasteiger partial charge in [0.1, 0.15) is 11.6 Å². The number of nitrogens with zero attached hydrogens (tertiary/aromatic N) is 2. The minimum Gasteiger partial charge on any atom is -0.378 e. The molecule has 1 N–H and O–H groups in total. The van der Waals surface area contributed by atoms with Crippen LogP contribution in [0.4, 0.5) is 5.82 Å². The van der Waals surface area contributed by atoms with E-state index in [4.69, 9.17) is 4.74 Å². The summed E-state index contributed by atoms with van der Waals surface area (Å²) in [5, 5.41) is 3.81. The Bertz CT molecular complexity index is 320. The normalized spacial score (nSPS) is 10.9. The van der Waals surface area contributed by atoms with Crippen molar-refractivity contribution >= 4 is 17.6 Å². The first kappa shape index (κ1) is 14.3. The minimum atomic E-state index is 0.528. The van der Waals surface area contributed by atoms with Gasteiger partial charge in [-0.05, 0) is 12.2 Å². The van der Waals surface area contributed by atoms with Crippen LogP contribution in [0.25, 0.3) is 0 Å². The van der Waals surface area contributed by atoms with Gasteiger partial charge in [-0.2, -0.15) is 11.8 Å². The predicted octanol–water partition coefficient (Wildman–Crippen LogP) is 2.70. The SMILES string of the molecule is CCNc1cc(COC)nc(CSC(C)C)n1. The number of aromatic nitrogens is 2. The zero-order valence-corrected chi connectivity index (χ0v) is 11.8. The molecular formula is C12H21N3OS. The molecule has 0 bridgehead atoms. The molecule has 1 aromatic heterocycles. The highest BCUT2D eigenvalue weighted by Gasteiger charge is 2.05. The molecule has 17 heavy (non-hydrogen) atoms. The van der Waals surface area contributed by atoms with E-state index in [2.05, 4.69) is 36.1 Å². The van der Waals surface area contributed by atoms with Crippen LogP contribution in [-0.4, -0.2) is 28.9 Å². The third-order valence-corrected chi connectivity index (χ3v) is 3.11. The molecule has 0 unspecified atom stereocenters. The van der Waals surface area contributed by atoms with Crippen molar-refractivity contribution < 1.29 is 4.74 Å². The maximum atomic E-state index is 5.12. The fourth-order valence-corrected chi connectivity index (χ4v) is 1.96. The van der Waals surface area contributed by atoms with Crippen molar-refractivity contribution in [2.24, 2.45) is 0 Å². The van der Waals surface area contributed by atoms with Gasteiger partial charge in [0.2, 0.25) is 0 Å². The van der Waals surface area contributed by atoms with E-state index in [0.717, 1.165) is 29.6 Å². The van der Waals surface area contributed by atoms with E-state index in [-0.39, 0.29) is 0 Å². The molecule has 96 valence electrons. The predicted molar refractivity (Wildman–Crippen MR) is 73.3 cm³/mol. The Balaban J connectivity index is 2.79. The van der Waals surface area contributed by atoms with Crippen LogP contribution in [0.15, 0.2) is 6.07 Å². The molecule has 5 heteroatoms. The molecule has 0 saturated heterocycles. The smallest absolute Gasteiger partial charge is 0.140 e. The van der Waals surface area contributed by atoms with Crippen molar-refractivity contribution in [3.05, 3.63) is 17.6 Å². The van der Waals surface area contributed by atoms with Gasteiger partial charge in [0.15, 0.2) is 0 Å². The van der Waals surface area contributed by atoms with Gasteiger partial charge in [-0.25, -0.2) is 9.97 Å². The van der Waals surface area contributed by atoms with Gasteiger partial charge in [-0.15, -0.1) is 0 Å². The molecule has 0 aliphatic heterocycles. The number of hydrogen-bond donors (Lipinski definition) is 1. The first-order valence-electron chi connectivity index (χ1n) is 5.87. The number of thioether (sulfide) groups is 1. The summed E-state index contributed by atoms with van der Waals surface area (Å²) in [6, 6.07) is 1.94. The lowest BCUT2D eigenvalue weighted by molar-refractivity contribution is 0.181. The first-order chi connectivity index (χ1) is 8.15. The van der Waals surface area contributed by atoms with E-state index >= 15 is 0 Å². The molecule has 0 aliphatic rings. The van der Waals surface area contributed by atoms with Crippen LogP contribution in [0.3, 0.4) is 0 Å². The monoisotopic (exact) mass is 255 g/mol. The summed E-state index contributed by atoms with van der Waals surface area (Å²) < 4.78 is 5.12. The van der Waals surface area contributed by atoms with Gasteiger partial charge in [0.25, 0.3) is 0 Å². The van der Waals surface area contributed by atoms with Gasteiger partial charge >= 0.3 is 0 Å². The topological polar surface area (TPSA) is 47.0 Å². The molecule has 0 aromatic carbocycles. The lowest BCUT2D eigenvalue weighted by atomic mass is 10.4. The van der Waals surface area contributed by atoms with Crippen LogP contribution in [0.2, 0.25) is 0 Å². The quantitative estimate of drug-likeness (QED) is 0.811. The van der Waals surface area contributed by atoms with E-state index in [0.29, 0.717) is 11.9 Å². The van der Waals surface area contributed by atoms with Gasteiger partial charge in [-0.1, -0.05) is 13.8 Å². The third kappa shape index (κ3) is 5.37. The molecule has 0 radical (unpaired) electrons. The van der Waals surface area contributed by atoms with Gasteiger partial charge in [-0.3, -0.25) is 0 Å². The fraction of sp³-hybridized carbons (Fsp3) is 0.667. The molecule has 0 saturated carbocycles. The zero-order chi connectivity index (χ0) is 12.7. The molecular weight excluding hydrogens is 234 g/mol. The zero-order valence-electron chi connectivity index (χ0n) is 11.0. The number of anilines is 1. The van der Waals surface area contributed by atoms with Crippen LogP contribution in [0.1, 0.15) is 32.3 Å². The van der Waals surface area contributed by atoms with E-state index in [9.17, 15) is 0 Å². The number of hydrogen-bond acceptors (Lipinski definition) is 5. The van der Waals surface area contributed by atoms with Crippen LogP contribution in [-0.2, 0) is 17.1 Å². The lowest BCUT2D eigenvalue weighted by Gasteiger charge is -2.09. The first-order valence-corrected chi connectivity index (χ1v) is 6.91. The van der Waals surface area contributed by atoms with Crippen LogP contribution in [0.5, 0.6) is 0 Å². The Hall–Kier alpha value is -0.810. The van der Waals surface area contributed by atoms with Crippen molar-refractivity contribution in [3.8, 4) is 0 Å². The number of rotatable bonds is 7. The van der Waals surface area contributed by atoms with Crippen molar-refractivity contribution in [2.45, 2.75) is 38.4 Å². The van der Waals surface area contributed by atoms with Gasteiger partial charge < -0.3 is 10.1 Å². The average molecular weight is 255 g/mol. The standard InChI is InChI=1S/C12H21N3OS/c1-5-13-11-6-10(7-16-4)14-12(15-11)8-17-9(2)3/h6,9H,5,7-8H2,1-4H3,(H,13,14,15). The van der Waals surface area contributed by atoms with Crippen molar-refractivity contribution in [2.75, 3.05) is 19.0 Å². The van der Waals surface area contributed by atoms with Crippen molar-refractivity contribution in [1.29, 1.82) is 0 Å². The van der Waals surface area contributed by atoms with E-state index < -0.39 is 0 Å². The maximum Gasteiger partial charge on any atom is 0.140 e. The van der Waals surface area contributed by atoms with E-state index in [1.165, 1.54) is 0 Å². The Morgan fingerprint density at radius 3 is 2.76 bits per heavy atom. The maximum absolute atomic E-state index is 5.12. The van der Waals surface area contributed by atoms with Gasteiger partial charge in [0.05, 0.1) is 18.1 Å². The molecule has 0 spiro atoms. The van der Waals surface area contributed by atoms with Gasteiger partial charge in [0, 0.05) is 19.7 Å². The number of ether oxygens (including phenoxy) is 1. The Morgan fingerprint density at radius 2 is 2.18 bits per heavy atom. The van der Waals surface area contributed by atoms with E-state index in [1.807, 2.05) is 17.8 Å². The second-order valence-electron chi connectivity index (χ2n) is 3.98. The lowest BCUT2D eigenvalue weighted by Crippen LogP contribution is -2.06. The summed E-state index contributed by atoms with van der Waals surface area (Å²) in [6.07, 6.45) is 0. The number of methoxy groups -OCH3 is 1. The van der Waals surface area contributed by atoms with E-state index in [1.54, 1.807) is 7.11 Å². The highest BCUT2D eigenvalue weighted by Crippen LogP contribution is 2.16. The Kier molecular flexibility index (Phi) is 6.29. The molecule has 1 aromatic rings. The largest absolute Gasteiger partial charge is 0.378 e. The number of nitrogens with one attached hydrogen (secondary N) is 1. The molecule has 0 amide bonds.